The van der Waals surface area contributed by atoms with Crippen molar-refractivity contribution in [1.82, 2.24) is 10.3 Å². The number of hydrogen-bond acceptors (Lipinski definition) is 6. The molecule has 0 spiro atoms. The second-order valence-electron chi connectivity index (χ2n) is 7.16. The number of nitrogens with zero attached hydrogens (tertiary/aromatic N) is 2. The number of carbonyl (C=O) groups is 2. The van der Waals surface area contributed by atoms with E-state index in [0.29, 0.717) is 24.1 Å². The molecule has 0 saturated carbocycles. The Balaban J connectivity index is 1.66. The van der Waals surface area contributed by atoms with Gasteiger partial charge in [-0.2, -0.15) is 0 Å². The van der Waals surface area contributed by atoms with Gasteiger partial charge in [0.05, 0.1) is 0 Å². The number of amides is 2. The SMILES string of the molecule is CCc1cc(C)cc(OCCOc2ccccc2[C@@H]2SC(NC(C)=O)=NN2C(C)=O)c1. The Bertz CT molecular complexity index is 993. The molecule has 0 fully saturated rings. The molecule has 1 heterocycles. The lowest BCUT2D eigenvalue weighted by atomic mass is 10.1. The van der Waals surface area contributed by atoms with Gasteiger partial charge in [-0.1, -0.05) is 43.0 Å². The van der Waals surface area contributed by atoms with E-state index in [1.54, 1.807) is 0 Å². The Hall–Kier alpha value is -3.00. The molecule has 1 atom stereocenters. The van der Waals surface area contributed by atoms with Crippen molar-refractivity contribution < 1.29 is 19.1 Å². The molecule has 8 heteroatoms. The Morgan fingerprint density at radius 1 is 1.13 bits per heavy atom. The minimum Gasteiger partial charge on any atom is -0.490 e. The lowest BCUT2D eigenvalue weighted by Crippen LogP contribution is -2.25. The summed E-state index contributed by atoms with van der Waals surface area (Å²) >= 11 is 1.30. The fourth-order valence-corrected chi connectivity index (χ4v) is 4.37. The van der Waals surface area contributed by atoms with Crippen LogP contribution in [0.25, 0.3) is 0 Å². The summed E-state index contributed by atoms with van der Waals surface area (Å²) in [5, 5.41) is 8.21. The number of thioether (sulfide) groups is 1. The summed E-state index contributed by atoms with van der Waals surface area (Å²) in [7, 11) is 0. The Morgan fingerprint density at radius 3 is 2.58 bits per heavy atom. The molecule has 31 heavy (non-hydrogen) atoms. The molecule has 0 aromatic heterocycles. The maximum Gasteiger partial charge on any atom is 0.241 e. The van der Waals surface area contributed by atoms with Crippen molar-refractivity contribution in [1.29, 1.82) is 0 Å². The molecule has 0 unspecified atom stereocenters. The minimum atomic E-state index is -0.416. The first kappa shape index (κ1) is 22.7. The minimum absolute atomic E-state index is 0.220. The molecule has 164 valence electrons. The second kappa shape index (κ2) is 10.3. The predicted molar refractivity (Wildman–Crippen MR) is 122 cm³/mol. The van der Waals surface area contributed by atoms with Crippen molar-refractivity contribution in [3.05, 3.63) is 59.2 Å². The van der Waals surface area contributed by atoms with Gasteiger partial charge in [-0.3, -0.25) is 9.59 Å². The Morgan fingerprint density at radius 2 is 1.87 bits per heavy atom. The number of para-hydroxylation sites is 1. The first-order valence-electron chi connectivity index (χ1n) is 10.1. The summed E-state index contributed by atoms with van der Waals surface area (Å²) in [5.41, 5.74) is 3.20. The van der Waals surface area contributed by atoms with Gasteiger partial charge in [0.15, 0.2) is 5.17 Å². The summed E-state index contributed by atoms with van der Waals surface area (Å²) < 4.78 is 11.9. The van der Waals surface area contributed by atoms with Gasteiger partial charge < -0.3 is 14.8 Å². The Kier molecular flexibility index (Phi) is 7.57. The lowest BCUT2D eigenvalue weighted by Gasteiger charge is -2.22. The van der Waals surface area contributed by atoms with E-state index >= 15 is 0 Å². The molecule has 1 N–H and O–H groups in total. The first-order valence-corrected chi connectivity index (χ1v) is 11.0. The van der Waals surface area contributed by atoms with Gasteiger partial charge in [0, 0.05) is 19.4 Å². The van der Waals surface area contributed by atoms with E-state index in [9.17, 15) is 9.59 Å². The van der Waals surface area contributed by atoms with E-state index < -0.39 is 5.37 Å². The first-order chi connectivity index (χ1) is 14.9. The molecule has 7 nitrogen and oxygen atoms in total. The van der Waals surface area contributed by atoms with Gasteiger partial charge >= 0.3 is 0 Å². The average molecular weight is 442 g/mol. The van der Waals surface area contributed by atoms with Crippen molar-refractivity contribution in [2.45, 2.75) is 39.5 Å². The number of carbonyl (C=O) groups excluding carboxylic acids is 2. The van der Waals surface area contributed by atoms with E-state index in [2.05, 4.69) is 30.3 Å². The highest BCUT2D eigenvalue weighted by Crippen LogP contribution is 2.42. The number of aryl methyl sites for hydroxylation is 2. The quantitative estimate of drug-likeness (QED) is 0.657. The standard InChI is InChI=1S/C23H27N3O4S/c1-5-18-12-15(2)13-19(14-18)29-10-11-30-21-9-7-6-8-20(21)22-26(17(4)28)25-23(31-22)24-16(3)27/h6-9,12-14,22H,5,10-11H2,1-4H3,(H,24,25,27)/t22-/m0/s1. The van der Waals surface area contributed by atoms with E-state index in [1.807, 2.05) is 36.4 Å². The van der Waals surface area contributed by atoms with Crippen LogP contribution in [-0.4, -0.2) is 35.2 Å². The van der Waals surface area contributed by atoms with Gasteiger partial charge in [-0.05, 0) is 42.7 Å². The van der Waals surface area contributed by atoms with Crippen LogP contribution in [0.15, 0.2) is 47.6 Å². The van der Waals surface area contributed by atoms with Crippen LogP contribution in [0.3, 0.4) is 0 Å². The van der Waals surface area contributed by atoms with Crippen molar-refractivity contribution in [3.8, 4) is 11.5 Å². The van der Waals surface area contributed by atoms with E-state index in [-0.39, 0.29) is 11.8 Å². The maximum atomic E-state index is 12.1. The summed E-state index contributed by atoms with van der Waals surface area (Å²) in [6.45, 7) is 7.76. The van der Waals surface area contributed by atoms with Gasteiger partial charge in [0.2, 0.25) is 11.8 Å². The molecule has 2 amide bonds. The molecule has 0 aliphatic carbocycles. The monoisotopic (exact) mass is 441 g/mol. The average Bonchev–Trinajstić information content (AvgIpc) is 3.14. The number of hydrazone groups is 1. The fourth-order valence-electron chi connectivity index (χ4n) is 3.20. The maximum absolute atomic E-state index is 12.1. The molecule has 3 rings (SSSR count). The smallest absolute Gasteiger partial charge is 0.241 e. The lowest BCUT2D eigenvalue weighted by molar-refractivity contribution is -0.129. The highest BCUT2D eigenvalue weighted by molar-refractivity contribution is 8.14. The third-order valence-corrected chi connectivity index (χ3v) is 5.65. The number of amidine groups is 1. The van der Waals surface area contributed by atoms with Crippen LogP contribution >= 0.6 is 11.8 Å². The van der Waals surface area contributed by atoms with Crippen LogP contribution in [0.1, 0.15) is 42.8 Å². The van der Waals surface area contributed by atoms with E-state index in [4.69, 9.17) is 9.47 Å². The van der Waals surface area contributed by atoms with E-state index in [1.165, 1.54) is 36.2 Å². The summed E-state index contributed by atoms with van der Waals surface area (Å²) in [6.07, 6.45) is 0.955. The second-order valence-corrected chi connectivity index (χ2v) is 8.23. The van der Waals surface area contributed by atoms with Crippen LogP contribution in [0.4, 0.5) is 0 Å². The van der Waals surface area contributed by atoms with Crippen molar-refractivity contribution in [2.75, 3.05) is 13.2 Å². The van der Waals surface area contributed by atoms with Crippen LogP contribution in [0, 0.1) is 6.92 Å². The number of nitrogens with one attached hydrogen (secondary N) is 1. The number of benzene rings is 2. The molecule has 2 aromatic carbocycles. The zero-order valence-corrected chi connectivity index (χ0v) is 19.0. The molecule has 0 radical (unpaired) electrons. The van der Waals surface area contributed by atoms with Gasteiger partial charge in [0.1, 0.15) is 30.1 Å². The Labute approximate surface area is 186 Å². The van der Waals surface area contributed by atoms with Gasteiger partial charge in [-0.15, -0.1) is 5.10 Å². The van der Waals surface area contributed by atoms with E-state index in [0.717, 1.165) is 23.3 Å². The highest BCUT2D eigenvalue weighted by Gasteiger charge is 2.34. The number of hydrogen-bond donors (Lipinski definition) is 1. The molecular weight excluding hydrogens is 414 g/mol. The van der Waals surface area contributed by atoms with Crippen LogP contribution in [-0.2, 0) is 16.0 Å². The van der Waals surface area contributed by atoms with Crippen LogP contribution in [0.2, 0.25) is 0 Å². The summed E-state index contributed by atoms with van der Waals surface area (Å²) in [5.74, 6) is 1.02. The molecular formula is C23H27N3O4S. The largest absolute Gasteiger partial charge is 0.490 e. The third kappa shape index (κ3) is 6.01. The van der Waals surface area contributed by atoms with Crippen LogP contribution in [0.5, 0.6) is 11.5 Å². The third-order valence-electron chi connectivity index (χ3n) is 4.56. The number of ether oxygens (including phenoxy) is 2. The topological polar surface area (TPSA) is 80.2 Å². The van der Waals surface area contributed by atoms with Crippen LogP contribution < -0.4 is 14.8 Å². The molecule has 1 aliphatic heterocycles. The highest BCUT2D eigenvalue weighted by atomic mass is 32.2. The van der Waals surface area contributed by atoms with Gasteiger partial charge in [-0.25, -0.2) is 5.01 Å². The van der Waals surface area contributed by atoms with Crippen molar-refractivity contribution in [3.63, 3.8) is 0 Å². The normalized spacial score (nSPS) is 15.4. The number of rotatable bonds is 7. The van der Waals surface area contributed by atoms with Gasteiger partial charge in [0.25, 0.3) is 0 Å². The summed E-state index contributed by atoms with van der Waals surface area (Å²) in [4.78, 5) is 23.5. The molecule has 2 aromatic rings. The summed E-state index contributed by atoms with van der Waals surface area (Å²) in [6, 6.07) is 13.7. The predicted octanol–water partition coefficient (Wildman–Crippen LogP) is 4.02. The zero-order valence-electron chi connectivity index (χ0n) is 18.2. The van der Waals surface area contributed by atoms with Crippen molar-refractivity contribution >= 4 is 28.7 Å². The zero-order chi connectivity index (χ0) is 22.4. The molecule has 1 aliphatic rings. The molecule has 0 saturated heterocycles. The van der Waals surface area contributed by atoms with Crippen molar-refractivity contribution in [2.24, 2.45) is 5.10 Å². The molecule has 0 bridgehead atoms. The fraction of sp³-hybridized carbons (Fsp3) is 0.348.